The van der Waals surface area contributed by atoms with Gasteiger partial charge in [-0.2, -0.15) is 0 Å². The van der Waals surface area contributed by atoms with Gasteiger partial charge in [0.1, 0.15) is 0 Å². The smallest absolute Gasteiger partial charge is 0.336 e. The summed E-state index contributed by atoms with van der Waals surface area (Å²) in [4.78, 5) is 11.7. The third-order valence-electron chi connectivity index (χ3n) is 4.91. The van der Waals surface area contributed by atoms with Crippen molar-refractivity contribution >= 4 is 34.9 Å². The number of anilines is 1. The Hall–Kier alpha value is -1.97. The van der Waals surface area contributed by atoms with Crippen LogP contribution in [0.15, 0.2) is 48.6 Å². The highest BCUT2D eigenvalue weighted by molar-refractivity contribution is 6.33. The normalized spacial score (nSPS) is 24.2. The maximum atomic E-state index is 11.7. The van der Waals surface area contributed by atoms with Gasteiger partial charge in [-0.25, -0.2) is 4.79 Å². The van der Waals surface area contributed by atoms with Gasteiger partial charge in [0.15, 0.2) is 0 Å². The third-order valence-corrected chi connectivity index (χ3v) is 5.46. The zero-order valence-corrected chi connectivity index (χ0v) is 14.2. The maximum Gasteiger partial charge on any atom is 0.336 e. The van der Waals surface area contributed by atoms with Crippen molar-refractivity contribution in [1.82, 2.24) is 0 Å². The lowest BCUT2D eigenvalue weighted by molar-refractivity contribution is 0.0695. The summed E-state index contributed by atoms with van der Waals surface area (Å²) in [5, 5.41) is 14.3. The summed E-state index contributed by atoms with van der Waals surface area (Å²) in [6, 6.07) is 11.0. The number of rotatable bonds is 2. The minimum atomic E-state index is -0.926. The Bertz CT molecular complexity index is 862. The van der Waals surface area contributed by atoms with Gasteiger partial charge >= 0.3 is 5.97 Å². The lowest BCUT2D eigenvalue weighted by Gasteiger charge is -2.38. The van der Waals surface area contributed by atoms with E-state index in [1.165, 1.54) is 0 Å². The van der Waals surface area contributed by atoms with Gasteiger partial charge < -0.3 is 10.4 Å². The summed E-state index contributed by atoms with van der Waals surface area (Å²) >= 11 is 12.5. The molecule has 0 amide bonds. The van der Waals surface area contributed by atoms with E-state index in [9.17, 15) is 9.90 Å². The summed E-state index contributed by atoms with van der Waals surface area (Å²) in [6.07, 6.45) is 5.11. The van der Waals surface area contributed by atoms with E-state index in [0.29, 0.717) is 21.3 Å². The van der Waals surface area contributed by atoms with Gasteiger partial charge in [-0.3, -0.25) is 0 Å². The molecule has 24 heavy (non-hydrogen) atoms. The summed E-state index contributed by atoms with van der Waals surface area (Å²) in [7, 11) is 0. The Balaban J connectivity index is 1.88. The summed E-state index contributed by atoms with van der Waals surface area (Å²) in [5.74, 6) is -0.646. The first kappa shape index (κ1) is 15.6. The Morgan fingerprint density at radius 3 is 2.79 bits per heavy atom. The van der Waals surface area contributed by atoms with Crippen LogP contribution in [0.25, 0.3) is 0 Å². The molecular formula is C19H15Cl2NO2. The average molecular weight is 360 g/mol. The fourth-order valence-corrected chi connectivity index (χ4v) is 4.31. The van der Waals surface area contributed by atoms with Crippen molar-refractivity contribution in [2.75, 3.05) is 5.32 Å². The van der Waals surface area contributed by atoms with E-state index in [2.05, 4.69) is 17.5 Å². The van der Waals surface area contributed by atoms with Crippen LogP contribution in [0, 0.1) is 5.92 Å². The predicted molar refractivity (Wildman–Crippen MR) is 96.2 cm³/mol. The van der Waals surface area contributed by atoms with Gasteiger partial charge in [0.2, 0.25) is 0 Å². The number of benzene rings is 2. The fraction of sp³-hybridized carbons (Fsp3) is 0.211. The Morgan fingerprint density at radius 2 is 2.04 bits per heavy atom. The minimum Gasteiger partial charge on any atom is -0.478 e. The monoisotopic (exact) mass is 359 g/mol. The van der Waals surface area contributed by atoms with Crippen molar-refractivity contribution < 1.29 is 9.90 Å². The number of carboxylic acids is 1. The van der Waals surface area contributed by atoms with Crippen LogP contribution in [-0.4, -0.2) is 11.1 Å². The van der Waals surface area contributed by atoms with Crippen LogP contribution < -0.4 is 5.32 Å². The molecule has 2 aromatic rings. The van der Waals surface area contributed by atoms with Gasteiger partial charge in [0, 0.05) is 10.9 Å². The number of aromatic carboxylic acids is 1. The second kappa shape index (κ2) is 5.83. The molecule has 3 atom stereocenters. The van der Waals surface area contributed by atoms with Crippen LogP contribution in [0.4, 0.5) is 5.69 Å². The largest absolute Gasteiger partial charge is 0.478 e. The standard InChI is InChI=1S/C19H15Cl2NO2/c20-11-4-1-3-10(9-11)17-13-6-2-5-12(13)16-14(19(23)24)7-8-15(21)18(16)22-17/h1-5,7-9,12-13,17,22H,6H2,(H,23,24)/t12-,13+,17-/m1/s1. The lowest BCUT2D eigenvalue weighted by Crippen LogP contribution is -2.30. The summed E-state index contributed by atoms with van der Waals surface area (Å²) in [5.41, 5.74) is 2.90. The van der Waals surface area contributed by atoms with E-state index in [1.54, 1.807) is 12.1 Å². The second-order valence-corrected chi connectivity index (χ2v) is 7.06. The van der Waals surface area contributed by atoms with Crippen LogP contribution >= 0.6 is 23.2 Å². The molecule has 0 spiro atoms. The number of allylic oxidation sites excluding steroid dienone is 2. The Labute approximate surface area is 149 Å². The molecule has 0 saturated heterocycles. The molecule has 0 saturated carbocycles. The molecule has 0 radical (unpaired) electrons. The minimum absolute atomic E-state index is 0.0371. The molecule has 0 unspecified atom stereocenters. The molecule has 2 aromatic carbocycles. The average Bonchev–Trinajstić information content (AvgIpc) is 3.04. The van der Waals surface area contributed by atoms with Crippen LogP contribution in [0.5, 0.6) is 0 Å². The van der Waals surface area contributed by atoms with Crippen molar-refractivity contribution in [2.45, 2.75) is 18.4 Å². The molecule has 1 aliphatic carbocycles. The van der Waals surface area contributed by atoms with E-state index in [0.717, 1.165) is 17.5 Å². The highest BCUT2D eigenvalue weighted by Gasteiger charge is 2.40. The highest BCUT2D eigenvalue weighted by atomic mass is 35.5. The zero-order chi connectivity index (χ0) is 16.8. The van der Waals surface area contributed by atoms with Crippen molar-refractivity contribution in [1.29, 1.82) is 0 Å². The molecule has 4 rings (SSSR count). The summed E-state index contributed by atoms with van der Waals surface area (Å²) < 4.78 is 0. The molecule has 1 aliphatic heterocycles. The first-order valence-electron chi connectivity index (χ1n) is 7.80. The van der Waals surface area contributed by atoms with Gasteiger partial charge in [0.05, 0.1) is 22.3 Å². The van der Waals surface area contributed by atoms with E-state index >= 15 is 0 Å². The molecule has 5 heteroatoms. The van der Waals surface area contributed by atoms with Crippen LogP contribution in [0.1, 0.15) is 39.9 Å². The maximum absolute atomic E-state index is 11.7. The number of halogens is 2. The molecule has 122 valence electrons. The topological polar surface area (TPSA) is 49.3 Å². The SMILES string of the molecule is O=C(O)c1ccc(Cl)c2c1[C@@H]1C=CC[C@@H]1[C@@H](c1cccc(Cl)c1)N2. The van der Waals surface area contributed by atoms with E-state index in [4.69, 9.17) is 23.2 Å². The van der Waals surface area contributed by atoms with Gasteiger partial charge in [-0.15, -0.1) is 0 Å². The quantitative estimate of drug-likeness (QED) is 0.694. The van der Waals surface area contributed by atoms with E-state index in [1.807, 2.05) is 24.3 Å². The Morgan fingerprint density at radius 1 is 1.21 bits per heavy atom. The molecule has 0 fully saturated rings. The zero-order valence-electron chi connectivity index (χ0n) is 12.7. The second-order valence-electron chi connectivity index (χ2n) is 6.22. The molecule has 0 bridgehead atoms. The molecule has 2 N–H and O–H groups in total. The van der Waals surface area contributed by atoms with E-state index < -0.39 is 5.97 Å². The number of hydrogen-bond acceptors (Lipinski definition) is 2. The third kappa shape index (κ3) is 2.40. The molecule has 1 heterocycles. The van der Waals surface area contributed by atoms with Crippen LogP contribution in [-0.2, 0) is 0 Å². The summed E-state index contributed by atoms with van der Waals surface area (Å²) in [6.45, 7) is 0. The number of carbonyl (C=O) groups is 1. The van der Waals surface area contributed by atoms with Crippen molar-refractivity contribution in [3.05, 3.63) is 75.3 Å². The van der Waals surface area contributed by atoms with Gasteiger partial charge in [0.25, 0.3) is 0 Å². The van der Waals surface area contributed by atoms with Gasteiger partial charge in [-0.1, -0.05) is 47.5 Å². The first-order chi connectivity index (χ1) is 11.6. The van der Waals surface area contributed by atoms with E-state index in [-0.39, 0.29) is 17.9 Å². The van der Waals surface area contributed by atoms with Crippen molar-refractivity contribution in [2.24, 2.45) is 5.92 Å². The molecule has 0 aromatic heterocycles. The Kier molecular flexibility index (Phi) is 3.78. The van der Waals surface area contributed by atoms with Crippen LogP contribution in [0.2, 0.25) is 10.0 Å². The predicted octanol–water partition coefficient (Wildman–Crippen LogP) is 5.52. The lowest BCUT2D eigenvalue weighted by atomic mass is 9.75. The highest BCUT2D eigenvalue weighted by Crippen LogP contribution is 2.52. The van der Waals surface area contributed by atoms with Gasteiger partial charge in [-0.05, 0) is 47.7 Å². The number of carboxylic acid groups (broad SMARTS) is 1. The van der Waals surface area contributed by atoms with Crippen LogP contribution in [0.3, 0.4) is 0 Å². The fourth-order valence-electron chi connectivity index (χ4n) is 3.89. The number of fused-ring (bicyclic) bond motifs is 3. The van der Waals surface area contributed by atoms with Crippen molar-refractivity contribution in [3.8, 4) is 0 Å². The number of nitrogens with one attached hydrogen (secondary N) is 1. The van der Waals surface area contributed by atoms with Crippen molar-refractivity contribution in [3.63, 3.8) is 0 Å². The number of hydrogen-bond donors (Lipinski definition) is 2. The molecular weight excluding hydrogens is 345 g/mol. The molecule has 3 nitrogen and oxygen atoms in total. The molecule has 2 aliphatic rings. The first-order valence-corrected chi connectivity index (χ1v) is 8.56.